The van der Waals surface area contributed by atoms with Crippen molar-refractivity contribution in [1.29, 1.82) is 0 Å². The fraction of sp³-hybridized carbons (Fsp3) is 0.538. The molecule has 108 valence electrons. The molecule has 3 heterocycles. The number of nitrogens with two attached hydrogens (primary N) is 1. The molecular weight excluding hydrogens is 278 g/mol. The van der Waals surface area contributed by atoms with Crippen molar-refractivity contribution < 1.29 is 4.74 Å². The van der Waals surface area contributed by atoms with Gasteiger partial charge in [-0.3, -0.25) is 0 Å². The molecule has 0 radical (unpaired) electrons. The van der Waals surface area contributed by atoms with Gasteiger partial charge in [0.1, 0.15) is 17.6 Å². The minimum Gasteiger partial charge on any atom is -0.491 e. The second-order valence-corrected chi connectivity index (χ2v) is 5.74. The van der Waals surface area contributed by atoms with E-state index in [4.69, 9.17) is 22.1 Å². The van der Waals surface area contributed by atoms with Gasteiger partial charge in [-0.05, 0) is 31.9 Å². The SMILES string of the molecule is CC(C)Nc1nc(Cl)nc(N2C=C3CCC(C2)O3)c1N. The van der Waals surface area contributed by atoms with Crippen LogP contribution in [0.1, 0.15) is 26.7 Å². The molecule has 1 saturated heterocycles. The maximum Gasteiger partial charge on any atom is 0.226 e. The second kappa shape index (κ2) is 5.01. The molecule has 1 unspecified atom stereocenters. The van der Waals surface area contributed by atoms with Crippen molar-refractivity contribution in [3.05, 3.63) is 17.2 Å². The number of fused-ring (bicyclic) bond motifs is 2. The van der Waals surface area contributed by atoms with Crippen LogP contribution < -0.4 is 16.0 Å². The van der Waals surface area contributed by atoms with Gasteiger partial charge in [-0.1, -0.05) is 0 Å². The Morgan fingerprint density at radius 1 is 1.50 bits per heavy atom. The Labute approximate surface area is 123 Å². The van der Waals surface area contributed by atoms with E-state index in [1.165, 1.54) is 0 Å². The smallest absolute Gasteiger partial charge is 0.226 e. The van der Waals surface area contributed by atoms with Crippen LogP contribution in [0.2, 0.25) is 5.28 Å². The highest BCUT2D eigenvalue weighted by Crippen LogP contribution is 2.35. The lowest BCUT2D eigenvalue weighted by Crippen LogP contribution is -2.32. The molecule has 2 aliphatic rings. The van der Waals surface area contributed by atoms with Gasteiger partial charge >= 0.3 is 0 Å². The Hall–Kier alpha value is -1.69. The van der Waals surface area contributed by atoms with Crippen molar-refractivity contribution in [1.82, 2.24) is 9.97 Å². The fourth-order valence-electron chi connectivity index (χ4n) is 2.49. The molecule has 0 amide bonds. The van der Waals surface area contributed by atoms with Crippen molar-refractivity contribution in [3.8, 4) is 0 Å². The molecule has 0 aromatic carbocycles. The summed E-state index contributed by atoms with van der Waals surface area (Å²) in [4.78, 5) is 10.4. The van der Waals surface area contributed by atoms with E-state index in [0.29, 0.717) is 17.3 Å². The first-order valence-electron chi connectivity index (χ1n) is 6.76. The number of nitrogens with zero attached hydrogens (tertiary/aromatic N) is 3. The fourth-order valence-corrected chi connectivity index (χ4v) is 2.65. The third-order valence-corrected chi connectivity index (χ3v) is 3.50. The molecule has 3 N–H and O–H groups in total. The summed E-state index contributed by atoms with van der Waals surface area (Å²) < 4.78 is 5.70. The second-order valence-electron chi connectivity index (χ2n) is 5.40. The van der Waals surface area contributed by atoms with E-state index < -0.39 is 0 Å². The van der Waals surface area contributed by atoms with Gasteiger partial charge in [0.05, 0.1) is 6.54 Å². The van der Waals surface area contributed by atoms with Crippen LogP contribution in [0.15, 0.2) is 12.0 Å². The zero-order chi connectivity index (χ0) is 14.3. The van der Waals surface area contributed by atoms with Gasteiger partial charge in [0.2, 0.25) is 5.28 Å². The van der Waals surface area contributed by atoms with Gasteiger partial charge in [0.25, 0.3) is 0 Å². The van der Waals surface area contributed by atoms with Gasteiger partial charge in [-0.25, -0.2) is 0 Å². The molecule has 2 aliphatic heterocycles. The first kappa shape index (κ1) is 13.3. The number of halogens is 1. The monoisotopic (exact) mass is 295 g/mol. The molecular formula is C13H18ClN5O. The molecule has 3 rings (SSSR count). The van der Waals surface area contributed by atoms with Gasteiger partial charge in [-0.2, -0.15) is 9.97 Å². The van der Waals surface area contributed by atoms with E-state index in [-0.39, 0.29) is 17.4 Å². The topological polar surface area (TPSA) is 76.3 Å². The van der Waals surface area contributed by atoms with E-state index in [9.17, 15) is 0 Å². The third-order valence-electron chi connectivity index (χ3n) is 3.33. The molecule has 6 nitrogen and oxygen atoms in total. The Kier molecular flexibility index (Phi) is 3.33. The summed E-state index contributed by atoms with van der Waals surface area (Å²) in [5, 5.41) is 3.38. The van der Waals surface area contributed by atoms with Gasteiger partial charge < -0.3 is 20.7 Å². The van der Waals surface area contributed by atoms with Gasteiger partial charge in [0, 0.05) is 18.7 Å². The first-order chi connectivity index (χ1) is 9.52. The number of allylic oxidation sites excluding steroid dienone is 1. The van der Waals surface area contributed by atoms with Crippen LogP contribution in [0, 0.1) is 0 Å². The molecule has 1 aromatic heterocycles. The third kappa shape index (κ3) is 2.47. The number of nitrogen functional groups attached to an aromatic ring is 1. The van der Waals surface area contributed by atoms with Crippen molar-refractivity contribution in [3.63, 3.8) is 0 Å². The molecule has 1 aromatic rings. The quantitative estimate of drug-likeness (QED) is 0.834. The average molecular weight is 296 g/mol. The number of nitrogens with one attached hydrogen (secondary N) is 1. The van der Waals surface area contributed by atoms with Crippen LogP contribution >= 0.6 is 11.6 Å². The minimum atomic E-state index is 0.189. The highest BCUT2D eigenvalue weighted by molar-refractivity contribution is 6.28. The zero-order valence-corrected chi connectivity index (χ0v) is 12.3. The highest BCUT2D eigenvalue weighted by atomic mass is 35.5. The molecule has 0 saturated carbocycles. The molecule has 7 heteroatoms. The molecule has 2 bridgehead atoms. The number of aromatic nitrogens is 2. The summed E-state index contributed by atoms with van der Waals surface area (Å²) in [7, 11) is 0. The van der Waals surface area contributed by atoms with E-state index in [2.05, 4.69) is 15.3 Å². The zero-order valence-electron chi connectivity index (χ0n) is 11.6. The summed E-state index contributed by atoms with van der Waals surface area (Å²) in [5.74, 6) is 2.20. The van der Waals surface area contributed by atoms with Crippen LogP contribution in [-0.4, -0.2) is 28.7 Å². The summed E-state index contributed by atoms with van der Waals surface area (Å²) in [6, 6.07) is 0.218. The van der Waals surface area contributed by atoms with Crippen molar-refractivity contribution in [2.24, 2.45) is 0 Å². The number of anilines is 3. The number of ether oxygens (including phenoxy) is 1. The van der Waals surface area contributed by atoms with Crippen LogP contribution in [0.5, 0.6) is 0 Å². The van der Waals surface area contributed by atoms with E-state index in [0.717, 1.165) is 25.1 Å². The Morgan fingerprint density at radius 2 is 2.30 bits per heavy atom. The van der Waals surface area contributed by atoms with Crippen LogP contribution in [0.4, 0.5) is 17.3 Å². The van der Waals surface area contributed by atoms with Crippen LogP contribution in [0.3, 0.4) is 0 Å². The number of hydrogen-bond acceptors (Lipinski definition) is 6. The predicted molar refractivity (Wildman–Crippen MR) is 79.7 cm³/mol. The lowest BCUT2D eigenvalue weighted by molar-refractivity contribution is 0.155. The van der Waals surface area contributed by atoms with Gasteiger partial charge in [-0.15, -0.1) is 0 Å². The van der Waals surface area contributed by atoms with Crippen LogP contribution in [-0.2, 0) is 4.74 Å². The van der Waals surface area contributed by atoms with Crippen LogP contribution in [0.25, 0.3) is 0 Å². The minimum absolute atomic E-state index is 0.189. The maximum absolute atomic E-state index is 6.18. The molecule has 1 fully saturated rings. The standard InChI is InChI=1S/C13H18ClN5O/c1-7(2)16-11-10(15)12(18-13(14)17-11)19-5-8-3-4-9(6-19)20-8/h5,7,9H,3-4,6,15H2,1-2H3,(H,16,17,18). The molecule has 0 spiro atoms. The Balaban J connectivity index is 1.97. The largest absolute Gasteiger partial charge is 0.491 e. The number of hydrogen-bond donors (Lipinski definition) is 2. The summed E-state index contributed by atoms with van der Waals surface area (Å²) in [6.45, 7) is 4.78. The Morgan fingerprint density at radius 3 is 3.00 bits per heavy atom. The average Bonchev–Trinajstić information content (AvgIpc) is 2.71. The van der Waals surface area contributed by atoms with E-state index in [1.807, 2.05) is 24.9 Å². The summed E-state index contributed by atoms with van der Waals surface area (Å²) in [6.07, 6.45) is 4.18. The van der Waals surface area contributed by atoms with E-state index in [1.54, 1.807) is 0 Å². The lowest BCUT2D eigenvalue weighted by atomic mass is 10.2. The predicted octanol–water partition coefficient (Wildman–Crippen LogP) is 2.37. The molecule has 20 heavy (non-hydrogen) atoms. The maximum atomic E-state index is 6.18. The Bertz CT molecular complexity index is 560. The van der Waals surface area contributed by atoms with Crippen molar-refractivity contribution >= 4 is 28.9 Å². The van der Waals surface area contributed by atoms with Crippen molar-refractivity contribution in [2.45, 2.75) is 38.8 Å². The van der Waals surface area contributed by atoms with E-state index >= 15 is 0 Å². The highest BCUT2D eigenvalue weighted by Gasteiger charge is 2.30. The van der Waals surface area contributed by atoms with Crippen molar-refractivity contribution in [2.75, 3.05) is 22.5 Å². The summed E-state index contributed by atoms with van der Waals surface area (Å²) >= 11 is 6.02. The van der Waals surface area contributed by atoms with Gasteiger partial charge in [0.15, 0.2) is 11.6 Å². The number of rotatable bonds is 3. The lowest BCUT2D eigenvalue weighted by Gasteiger charge is -2.28. The first-order valence-corrected chi connectivity index (χ1v) is 7.14. The molecule has 0 aliphatic carbocycles. The summed E-state index contributed by atoms with van der Waals surface area (Å²) in [5.41, 5.74) is 6.70. The molecule has 1 atom stereocenters. The normalized spacial score (nSPS) is 20.9.